The Morgan fingerprint density at radius 2 is 2.24 bits per heavy atom. The summed E-state index contributed by atoms with van der Waals surface area (Å²) >= 11 is 0. The van der Waals surface area contributed by atoms with E-state index in [1.165, 1.54) is 12.1 Å². The second kappa shape index (κ2) is 5.79. The molecule has 5 heteroatoms. The number of nitrogens with zero attached hydrogens (tertiary/aromatic N) is 1. The van der Waals surface area contributed by atoms with Crippen molar-refractivity contribution in [3.63, 3.8) is 0 Å². The van der Waals surface area contributed by atoms with E-state index in [2.05, 4.69) is 16.9 Å². The van der Waals surface area contributed by atoms with E-state index in [-0.39, 0.29) is 17.2 Å². The minimum atomic E-state index is -1.05. The molecule has 1 amide bonds. The number of nitrogens with one attached hydrogen (secondary N) is 1. The van der Waals surface area contributed by atoms with Crippen molar-refractivity contribution in [2.24, 2.45) is 0 Å². The van der Waals surface area contributed by atoms with E-state index >= 15 is 0 Å². The van der Waals surface area contributed by atoms with E-state index in [9.17, 15) is 9.59 Å². The van der Waals surface area contributed by atoms with Crippen molar-refractivity contribution in [1.29, 1.82) is 0 Å². The van der Waals surface area contributed by atoms with Crippen LogP contribution in [0.1, 0.15) is 33.0 Å². The van der Waals surface area contributed by atoms with Gasteiger partial charge in [-0.3, -0.25) is 4.79 Å². The zero-order valence-corrected chi connectivity index (χ0v) is 9.56. The molecule has 5 nitrogen and oxygen atoms in total. The second-order valence-electron chi connectivity index (χ2n) is 3.47. The Labute approximate surface area is 99.2 Å². The van der Waals surface area contributed by atoms with Crippen LogP contribution >= 0.6 is 0 Å². The molecule has 0 aliphatic carbocycles. The number of aryl methyl sites for hydroxylation is 1. The Bertz CT molecular complexity index is 455. The van der Waals surface area contributed by atoms with Gasteiger partial charge in [-0.2, -0.15) is 0 Å². The van der Waals surface area contributed by atoms with Crippen LogP contribution in [0.3, 0.4) is 0 Å². The fourth-order valence-electron chi connectivity index (χ4n) is 1.29. The van der Waals surface area contributed by atoms with Gasteiger partial charge in [-0.1, -0.05) is 6.08 Å². The average Bonchev–Trinajstić information content (AvgIpc) is 2.28. The highest BCUT2D eigenvalue weighted by atomic mass is 16.4. The Balaban J connectivity index is 2.79. The fourth-order valence-corrected chi connectivity index (χ4v) is 1.29. The molecular weight excluding hydrogens is 220 g/mol. The Hall–Kier alpha value is -2.17. The molecule has 0 spiro atoms. The van der Waals surface area contributed by atoms with Gasteiger partial charge < -0.3 is 10.4 Å². The number of hydrogen-bond donors (Lipinski definition) is 2. The lowest BCUT2D eigenvalue weighted by atomic mass is 10.2. The molecule has 17 heavy (non-hydrogen) atoms. The maximum Gasteiger partial charge on any atom is 0.337 e. The van der Waals surface area contributed by atoms with E-state index in [0.29, 0.717) is 18.7 Å². The third-order valence-corrected chi connectivity index (χ3v) is 2.18. The summed E-state index contributed by atoms with van der Waals surface area (Å²) in [4.78, 5) is 26.3. The highest BCUT2D eigenvalue weighted by molar-refractivity contribution is 5.94. The number of carboxylic acid groups (broad SMARTS) is 1. The molecule has 0 aliphatic rings. The van der Waals surface area contributed by atoms with E-state index in [1.54, 1.807) is 13.0 Å². The molecule has 0 fully saturated rings. The number of aromatic carboxylic acids is 1. The predicted molar refractivity (Wildman–Crippen MR) is 63.1 cm³/mol. The Morgan fingerprint density at radius 3 is 2.76 bits per heavy atom. The highest BCUT2D eigenvalue weighted by Crippen LogP contribution is 2.06. The molecule has 1 aromatic heterocycles. The standard InChI is InChI=1S/C12H14N2O3/c1-3-4-7-13-11(15)10-6-5-9(12(16)17)8(2)14-10/h3,5-6H,1,4,7H2,2H3,(H,13,15)(H,16,17). The van der Waals surface area contributed by atoms with Crippen molar-refractivity contribution in [3.05, 3.63) is 41.7 Å². The maximum atomic E-state index is 11.6. The highest BCUT2D eigenvalue weighted by Gasteiger charge is 2.12. The van der Waals surface area contributed by atoms with Gasteiger partial charge in [0.05, 0.1) is 11.3 Å². The summed E-state index contributed by atoms with van der Waals surface area (Å²) in [5, 5.41) is 11.5. The zero-order valence-electron chi connectivity index (χ0n) is 9.56. The molecule has 0 aliphatic heterocycles. The molecule has 0 saturated carbocycles. The van der Waals surface area contributed by atoms with Crippen LogP contribution in [0.2, 0.25) is 0 Å². The van der Waals surface area contributed by atoms with Gasteiger partial charge in [0.1, 0.15) is 5.69 Å². The molecular formula is C12H14N2O3. The molecule has 0 atom stereocenters. The van der Waals surface area contributed by atoms with Crippen LogP contribution in [-0.2, 0) is 0 Å². The lowest BCUT2D eigenvalue weighted by Gasteiger charge is -2.05. The molecule has 0 saturated heterocycles. The van der Waals surface area contributed by atoms with Gasteiger partial charge >= 0.3 is 5.97 Å². The van der Waals surface area contributed by atoms with Crippen molar-refractivity contribution >= 4 is 11.9 Å². The van der Waals surface area contributed by atoms with Gasteiger partial charge in [0, 0.05) is 6.54 Å². The van der Waals surface area contributed by atoms with Crippen molar-refractivity contribution in [3.8, 4) is 0 Å². The first kappa shape index (κ1) is 12.9. The number of aromatic nitrogens is 1. The minimum Gasteiger partial charge on any atom is -0.478 e. The Kier molecular flexibility index (Phi) is 4.39. The molecule has 0 aromatic carbocycles. The van der Waals surface area contributed by atoms with Crippen LogP contribution in [-0.4, -0.2) is 28.5 Å². The van der Waals surface area contributed by atoms with Gasteiger partial charge in [0.25, 0.3) is 5.91 Å². The molecule has 90 valence electrons. The molecule has 2 N–H and O–H groups in total. The predicted octanol–water partition coefficient (Wildman–Crippen LogP) is 1.39. The van der Waals surface area contributed by atoms with Gasteiger partial charge in [-0.05, 0) is 25.5 Å². The first-order valence-corrected chi connectivity index (χ1v) is 5.16. The van der Waals surface area contributed by atoms with E-state index in [4.69, 9.17) is 5.11 Å². The summed E-state index contributed by atoms with van der Waals surface area (Å²) in [6.07, 6.45) is 2.38. The largest absolute Gasteiger partial charge is 0.478 e. The first-order valence-electron chi connectivity index (χ1n) is 5.16. The second-order valence-corrected chi connectivity index (χ2v) is 3.47. The lowest BCUT2D eigenvalue weighted by Crippen LogP contribution is -2.25. The average molecular weight is 234 g/mol. The van der Waals surface area contributed by atoms with Crippen LogP contribution in [0, 0.1) is 6.92 Å². The summed E-state index contributed by atoms with van der Waals surface area (Å²) in [5.74, 6) is -1.36. The quantitative estimate of drug-likeness (QED) is 0.596. The first-order chi connectivity index (χ1) is 8.06. The number of hydrogen-bond acceptors (Lipinski definition) is 3. The number of amides is 1. The van der Waals surface area contributed by atoms with Gasteiger partial charge in [-0.25, -0.2) is 9.78 Å². The normalized spacial score (nSPS) is 9.71. The SMILES string of the molecule is C=CCCNC(=O)c1ccc(C(=O)O)c(C)n1. The van der Waals surface area contributed by atoms with Gasteiger partial charge in [-0.15, -0.1) is 6.58 Å². The fraction of sp³-hybridized carbons (Fsp3) is 0.250. The lowest BCUT2D eigenvalue weighted by molar-refractivity contribution is 0.0694. The number of carbonyl (C=O) groups excluding carboxylic acids is 1. The molecule has 1 rings (SSSR count). The number of rotatable bonds is 5. The van der Waals surface area contributed by atoms with E-state index in [0.717, 1.165) is 0 Å². The zero-order chi connectivity index (χ0) is 12.8. The van der Waals surface area contributed by atoms with Crippen molar-refractivity contribution in [1.82, 2.24) is 10.3 Å². The number of carboxylic acids is 1. The molecule has 0 radical (unpaired) electrons. The summed E-state index contributed by atoms with van der Waals surface area (Å²) in [7, 11) is 0. The van der Waals surface area contributed by atoms with Crippen LogP contribution in [0.25, 0.3) is 0 Å². The summed E-state index contributed by atoms with van der Waals surface area (Å²) < 4.78 is 0. The topological polar surface area (TPSA) is 79.3 Å². The van der Waals surface area contributed by atoms with Crippen LogP contribution in [0.4, 0.5) is 0 Å². The minimum absolute atomic E-state index is 0.104. The summed E-state index contributed by atoms with van der Waals surface area (Å²) in [6, 6.07) is 2.78. The van der Waals surface area contributed by atoms with Crippen LogP contribution < -0.4 is 5.32 Å². The monoisotopic (exact) mass is 234 g/mol. The van der Waals surface area contributed by atoms with Crippen LogP contribution in [0.5, 0.6) is 0 Å². The van der Waals surface area contributed by atoms with Gasteiger partial charge in [0.2, 0.25) is 0 Å². The smallest absolute Gasteiger partial charge is 0.337 e. The van der Waals surface area contributed by atoms with E-state index < -0.39 is 5.97 Å². The molecule has 1 aromatic rings. The maximum absolute atomic E-state index is 11.6. The Morgan fingerprint density at radius 1 is 1.53 bits per heavy atom. The third-order valence-electron chi connectivity index (χ3n) is 2.18. The van der Waals surface area contributed by atoms with Crippen molar-refractivity contribution in [2.75, 3.05) is 6.54 Å². The molecule has 0 unspecified atom stereocenters. The summed E-state index contributed by atoms with van der Waals surface area (Å²) in [6.45, 7) is 5.59. The van der Waals surface area contributed by atoms with Crippen LogP contribution in [0.15, 0.2) is 24.8 Å². The number of carbonyl (C=O) groups is 2. The number of pyridine rings is 1. The van der Waals surface area contributed by atoms with Crippen molar-refractivity contribution in [2.45, 2.75) is 13.3 Å². The van der Waals surface area contributed by atoms with Crippen molar-refractivity contribution < 1.29 is 14.7 Å². The molecule has 1 heterocycles. The molecule has 0 bridgehead atoms. The van der Waals surface area contributed by atoms with Gasteiger partial charge in [0.15, 0.2) is 0 Å². The summed E-state index contributed by atoms with van der Waals surface area (Å²) in [5.41, 5.74) is 0.651. The third kappa shape index (κ3) is 3.41. The van der Waals surface area contributed by atoms with E-state index in [1.807, 2.05) is 0 Å².